The van der Waals surface area contributed by atoms with E-state index in [1.54, 1.807) is 0 Å². The van der Waals surface area contributed by atoms with Crippen molar-refractivity contribution >= 4 is 21.7 Å². The lowest BCUT2D eigenvalue weighted by Gasteiger charge is -2.17. The van der Waals surface area contributed by atoms with Gasteiger partial charge in [0.1, 0.15) is 10.7 Å². The molecule has 8 heteroatoms. The average Bonchev–Trinajstić information content (AvgIpc) is 2.87. The molecule has 1 aromatic rings. The highest BCUT2D eigenvalue weighted by molar-refractivity contribution is 7.89. The number of carbonyl (C=O) groups excluding carboxylic acids is 1. The van der Waals surface area contributed by atoms with Gasteiger partial charge in [-0.05, 0) is 24.6 Å². The molecule has 1 aromatic carbocycles. The Kier molecular flexibility index (Phi) is 3.96. The van der Waals surface area contributed by atoms with Crippen molar-refractivity contribution in [3.63, 3.8) is 0 Å². The Hall–Kier alpha value is -1.67. The number of ether oxygens (including phenoxy) is 1. The highest BCUT2D eigenvalue weighted by atomic mass is 32.2. The molecule has 2 N–H and O–H groups in total. The maximum absolute atomic E-state index is 13.0. The average molecular weight is 302 g/mol. The minimum atomic E-state index is -3.83. The number of carbonyl (C=O) groups is 1. The second-order valence-corrected chi connectivity index (χ2v) is 6.46. The summed E-state index contributed by atoms with van der Waals surface area (Å²) in [6, 6.07) is 3.13. The maximum Gasteiger partial charge on any atom is 0.310 e. The van der Waals surface area contributed by atoms with Crippen molar-refractivity contribution in [2.75, 3.05) is 25.9 Å². The zero-order valence-corrected chi connectivity index (χ0v) is 11.7. The van der Waals surface area contributed by atoms with E-state index in [2.05, 4.69) is 4.74 Å². The molecule has 0 aromatic heterocycles. The fourth-order valence-electron chi connectivity index (χ4n) is 2.20. The summed E-state index contributed by atoms with van der Waals surface area (Å²) in [5, 5.41) is 0. The summed E-state index contributed by atoms with van der Waals surface area (Å²) in [5.41, 5.74) is 5.41. The van der Waals surface area contributed by atoms with Gasteiger partial charge in [-0.3, -0.25) is 4.79 Å². The molecule has 0 aliphatic carbocycles. The van der Waals surface area contributed by atoms with Crippen LogP contribution < -0.4 is 5.73 Å². The molecule has 0 saturated carbocycles. The van der Waals surface area contributed by atoms with Crippen LogP contribution in [0.4, 0.5) is 10.1 Å². The van der Waals surface area contributed by atoms with Gasteiger partial charge in [0, 0.05) is 13.1 Å². The molecule has 1 fully saturated rings. The molecule has 1 heterocycles. The van der Waals surface area contributed by atoms with E-state index in [1.165, 1.54) is 7.11 Å². The van der Waals surface area contributed by atoms with Gasteiger partial charge in [0.25, 0.3) is 0 Å². The smallest absolute Gasteiger partial charge is 0.310 e. The highest BCUT2D eigenvalue weighted by Crippen LogP contribution is 2.28. The number of rotatable bonds is 3. The number of halogens is 1. The summed E-state index contributed by atoms with van der Waals surface area (Å²) in [7, 11) is -2.57. The second-order valence-electron chi connectivity index (χ2n) is 4.55. The standard InChI is InChI=1S/C12H15FN2O4S/c1-19-12(16)8-4-5-15(7-8)20(17,18)11-3-2-9(13)6-10(11)14/h2-3,6,8H,4-5,7,14H2,1H3. The van der Waals surface area contributed by atoms with E-state index >= 15 is 0 Å². The molecule has 0 spiro atoms. The highest BCUT2D eigenvalue weighted by Gasteiger charge is 2.37. The molecule has 1 unspecified atom stereocenters. The van der Waals surface area contributed by atoms with Crippen molar-refractivity contribution in [1.82, 2.24) is 4.31 Å². The minimum absolute atomic E-state index is 0.0474. The Bertz CT molecular complexity index is 632. The maximum atomic E-state index is 13.0. The van der Waals surface area contributed by atoms with Gasteiger partial charge in [-0.15, -0.1) is 0 Å². The first-order valence-corrected chi connectivity index (χ1v) is 7.43. The van der Waals surface area contributed by atoms with Crippen LogP contribution in [0.25, 0.3) is 0 Å². The number of benzene rings is 1. The molecule has 6 nitrogen and oxygen atoms in total. The van der Waals surface area contributed by atoms with Crippen LogP contribution in [0.15, 0.2) is 23.1 Å². The quantitative estimate of drug-likeness (QED) is 0.652. The van der Waals surface area contributed by atoms with Crippen molar-refractivity contribution in [3.8, 4) is 0 Å². The van der Waals surface area contributed by atoms with Gasteiger partial charge in [-0.25, -0.2) is 12.8 Å². The Morgan fingerprint density at radius 3 is 2.80 bits per heavy atom. The van der Waals surface area contributed by atoms with Crippen LogP contribution in [-0.2, 0) is 19.6 Å². The van der Waals surface area contributed by atoms with E-state index in [9.17, 15) is 17.6 Å². The van der Waals surface area contributed by atoms with Crippen LogP contribution in [0.2, 0.25) is 0 Å². The van der Waals surface area contributed by atoms with Gasteiger partial charge in [0.2, 0.25) is 10.0 Å². The SMILES string of the molecule is COC(=O)C1CCN(S(=O)(=O)c2ccc(F)cc2N)C1. The second kappa shape index (κ2) is 5.37. The zero-order valence-electron chi connectivity index (χ0n) is 10.9. The molecule has 0 radical (unpaired) electrons. The first kappa shape index (κ1) is 14.7. The monoisotopic (exact) mass is 302 g/mol. The van der Waals surface area contributed by atoms with Gasteiger partial charge >= 0.3 is 5.97 Å². The summed E-state index contributed by atoms with van der Waals surface area (Å²) in [5.74, 6) is -1.51. The van der Waals surface area contributed by atoms with Crippen LogP contribution >= 0.6 is 0 Å². The van der Waals surface area contributed by atoms with Crippen molar-refractivity contribution in [3.05, 3.63) is 24.0 Å². The molecule has 0 bridgehead atoms. The minimum Gasteiger partial charge on any atom is -0.469 e. The predicted octanol–water partition coefficient (Wildman–Crippen LogP) is 0.591. The fraction of sp³-hybridized carbons (Fsp3) is 0.417. The lowest BCUT2D eigenvalue weighted by atomic mass is 10.1. The molecule has 1 atom stereocenters. The van der Waals surface area contributed by atoms with Crippen molar-refractivity contribution in [2.45, 2.75) is 11.3 Å². The van der Waals surface area contributed by atoms with Gasteiger partial charge < -0.3 is 10.5 Å². The van der Waals surface area contributed by atoms with Crippen LogP contribution in [0.5, 0.6) is 0 Å². The van der Waals surface area contributed by atoms with Gasteiger partial charge in [-0.1, -0.05) is 0 Å². The number of nitrogens with zero attached hydrogens (tertiary/aromatic N) is 1. The third-order valence-electron chi connectivity index (χ3n) is 3.28. The van der Waals surface area contributed by atoms with Crippen LogP contribution in [0, 0.1) is 11.7 Å². The van der Waals surface area contributed by atoms with Gasteiger partial charge in [0.15, 0.2) is 0 Å². The summed E-state index contributed by atoms with van der Waals surface area (Å²) in [4.78, 5) is 11.3. The Morgan fingerprint density at radius 2 is 2.20 bits per heavy atom. The van der Waals surface area contributed by atoms with Crippen molar-refractivity contribution in [2.24, 2.45) is 5.92 Å². The van der Waals surface area contributed by atoms with E-state index in [0.717, 1.165) is 22.5 Å². The lowest BCUT2D eigenvalue weighted by molar-refractivity contribution is -0.144. The number of hydrogen-bond acceptors (Lipinski definition) is 5. The molecule has 20 heavy (non-hydrogen) atoms. The van der Waals surface area contributed by atoms with Crippen LogP contribution in [0.3, 0.4) is 0 Å². The van der Waals surface area contributed by atoms with Crippen LogP contribution in [-0.4, -0.2) is 38.9 Å². The summed E-state index contributed by atoms with van der Waals surface area (Å²) in [6.45, 7) is 0.255. The topological polar surface area (TPSA) is 89.7 Å². The first-order chi connectivity index (χ1) is 9.36. The number of esters is 1. The number of sulfonamides is 1. The summed E-state index contributed by atoms with van der Waals surface area (Å²) < 4.78 is 43.5. The van der Waals surface area contributed by atoms with E-state index in [0.29, 0.717) is 6.42 Å². The molecule has 1 aliphatic rings. The fourth-order valence-corrected chi connectivity index (χ4v) is 3.80. The number of hydrogen-bond donors (Lipinski definition) is 1. The number of nitrogen functional groups attached to an aromatic ring is 1. The first-order valence-electron chi connectivity index (χ1n) is 5.99. The molecule has 2 rings (SSSR count). The summed E-state index contributed by atoms with van der Waals surface area (Å²) >= 11 is 0. The van der Waals surface area contributed by atoms with Crippen LogP contribution in [0.1, 0.15) is 6.42 Å². The van der Waals surface area contributed by atoms with Crippen molar-refractivity contribution < 1.29 is 22.3 Å². The normalized spacial score (nSPS) is 20.0. The van der Waals surface area contributed by atoms with Crippen molar-refractivity contribution in [1.29, 1.82) is 0 Å². The van der Waals surface area contributed by atoms with Gasteiger partial charge in [0.05, 0.1) is 18.7 Å². The summed E-state index contributed by atoms with van der Waals surface area (Å²) in [6.07, 6.45) is 0.396. The Morgan fingerprint density at radius 1 is 1.50 bits per heavy atom. The third kappa shape index (κ3) is 2.61. The number of methoxy groups -OCH3 is 1. The number of anilines is 1. The third-order valence-corrected chi connectivity index (χ3v) is 5.21. The largest absolute Gasteiger partial charge is 0.469 e. The van der Waals surface area contributed by atoms with Gasteiger partial charge in [-0.2, -0.15) is 4.31 Å². The molecule has 1 saturated heterocycles. The van der Waals surface area contributed by atoms with E-state index < -0.39 is 27.7 Å². The Balaban J connectivity index is 2.26. The molecular formula is C12H15FN2O4S. The van der Waals surface area contributed by atoms with E-state index in [1.807, 2.05) is 0 Å². The zero-order chi connectivity index (χ0) is 14.9. The predicted molar refractivity (Wildman–Crippen MR) is 69.7 cm³/mol. The van der Waals surface area contributed by atoms with E-state index in [-0.39, 0.29) is 23.7 Å². The molecular weight excluding hydrogens is 287 g/mol. The number of nitrogens with two attached hydrogens (primary N) is 1. The molecule has 110 valence electrons. The van der Waals surface area contributed by atoms with E-state index in [4.69, 9.17) is 5.73 Å². The molecule has 1 aliphatic heterocycles. The Labute approximate surface area is 116 Å². The lowest BCUT2D eigenvalue weighted by Crippen LogP contribution is -2.30. The molecule has 0 amide bonds.